The van der Waals surface area contributed by atoms with E-state index in [1.54, 1.807) is 0 Å². The fourth-order valence-corrected chi connectivity index (χ4v) is 2.87. The number of hydrogen-bond acceptors (Lipinski definition) is 2. The zero-order valence-corrected chi connectivity index (χ0v) is 12.7. The lowest BCUT2D eigenvalue weighted by Gasteiger charge is -2.21. The van der Waals surface area contributed by atoms with Crippen LogP contribution in [0.2, 0.25) is 0 Å². The number of benzene rings is 1. The molecule has 0 heterocycles. The highest BCUT2D eigenvalue weighted by atomic mass is 16.1. The molecule has 0 spiro atoms. The Kier molecular flexibility index (Phi) is 5.83. The highest BCUT2D eigenvalue weighted by Crippen LogP contribution is 2.22. The van der Waals surface area contributed by atoms with Gasteiger partial charge in [-0.1, -0.05) is 31.1 Å². The molecule has 0 radical (unpaired) electrons. The first-order valence-corrected chi connectivity index (χ1v) is 7.78. The zero-order chi connectivity index (χ0) is 15.1. The highest BCUT2D eigenvalue weighted by molar-refractivity contribution is 5.94. The Labute approximate surface area is 127 Å². The molecule has 3 heteroatoms. The monoisotopic (exact) mass is 284 g/mol. The van der Waals surface area contributed by atoms with Crippen molar-refractivity contribution < 1.29 is 4.79 Å². The van der Waals surface area contributed by atoms with Gasteiger partial charge in [-0.25, -0.2) is 0 Å². The van der Waals surface area contributed by atoms with Crippen LogP contribution in [0.5, 0.6) is 0 Å². The molecule has 1 aromatic carbocycles. The van der Waals surface area contributed by atoms with Crippen molar-refractivity contribution in [1.29, 1.82) is 0 Å². The summed E-state index contributed by atoms with van der Waals surface area (Å²) >= 11 is 0. The van der Waals surface area contributed by atoms with Crippen molar-refractivity contribution in [1.82, 2.24) is 5.32 Å². The molecule has 2 rings (SSSR count). The third-order valence-electron chi connectivity index (χ3n) is 3.95. The first kappa shape index (κ1) is 15.6. The maximum atomic E-state index is 12.3. The standard InChI is InChI=1S/C18H24N2O/c1-14-10-16(8-5-9-19)12-17(11-14)18(21)20-13-15-6-3-2-4-7-15/h10-12,15H,2-4,6-7,9,13,19H2,1H3,(H,20,21). The van der Waals surface area contributed by atoms with E-state index in [4.69, 9.17) is 5.73 Å². The van der Waals surface area contributed by atoms with Crippen molar-refractivity contribution in [2.45, 2.75) is 39.0 Å². The van der Waals surface area contributed by atoms with Crippen LogP contribution in [0.4, 0.5) is 0 Å². The molecule has 0 unspecified atom stereocenters. The first-order valence-electron chi connectivity index (χ1n) is 7.78. The van der Waals surface area contributed by atoms with Crippen molar-refractivity contribution in [2.24, 2.45) is 11.7 Å². The number of hydrogen-bond donors (Lipinski definition) is 2. The largest absolute Gasteiger partial charge is 0.352 e. The molecular formula is C18H24N2O. The number of aryl methyl sites for hydroxylation is 1. The van der Waals surface area contributed by atoms with E-state index < -0.39 is 0 Å². The Balaban J connectivity index is 1.99. The second-order valence-corrected chi connectivity index (χ2v) is 5.81. The van der Waals surface area contributed by atoms with E-state index in [1.807, 2.05) is 25.1 Å². The Morgan fingerprint density at radius 3 is 2.76 bits per heavy atom. The Bertz CT molecular complexity index is 548. The summed E-state index contributed by atoms with van der Waals surface area (Å²) in [4.78, 5) is 12.3. The van der Waals surface area contributed by atoms with Gasteiger partial charge in [0, 0.05) is 17.7 Å². The normalized spacial score (nSPS) is 15.1. The molecule has 0 bridgehead atoms. The minimum Gasteiger partial charge on any atom is -0.352 e. The van der Waals surface area contributed by atoms with Crippen molar-refractivity contribution in [2.75, 3.05) is 13.1 Å². The fraction of sp³-hybridized carbons (Fsp3) is 0.500. The molecule has 1 amide bonds. The number of nitrogens with one attached hydrogen (secondary N) is 1. The van der Waals surface area contributed by atoms with Crippen molar-refractivity contribution in [3.05, 3.63) is 34.9 Å². The van der Waals surface area contributed by atoms with Gasteiger partial charge < -0.3 is 11.1 Å². The second-order valence-electron chi connectivity index (χ2n) is 5.81. The van der Waals surface area contributed by atoms with Crippen LogP contribution in [-0.2, 0) is 0 Å². The minimum absolute atomic E-state index is 0.0000666. The number of nitrogens with two attached hydrogens (primary N) is 1. The summed E-state index contributed by atoms with van der Waals surface area (Å²) < 4.78 is 0. The summed E-state index contributed by atoms with van der Waals surface area (Å²) in [6.45, 7) is 3.10. The van der Waals surface area contributed by atoms with E-state index in [-0.39, 0.29) is 5.91 Å². The lowest BCUT2D eigenvalue weighted by Crippen LogP contribution is -2.30. The molecule has 0 aromatic heterocycles. The molecule has 3 N–H and O–H groups in total. The molecule has 0 saturated heterocycles. The van der Waals surface area contributed by atoms with Crippen molar-refractivity contribution in [3.63, 3.8) is 0 Å². The summed E-state index contributed by atoms with van der Waals surface area (Å²) in [6, 6.07) is 5.72. The summed E-state index contributed by atoms with van der Waals surface area (Å²) in [5, 5.41) is 3.07. The minimum atomic E-state index is 0.0000666. The van der Waals surface area contributed by atoms with Gasteiger partial charge in [0.1, 0.15) is 0 Å². The molecule has 1 aromatic rings. The average molecular weight is 284 g/mol. The summed E-state index contributed by atoms with van der Waals surface area (Å²) in [5.41, 5.74) is 7.97. The molecule has 21 heavy (non-hydrogen) atoms. The van der Waals surface area contributed by atoms with E-state index in [2.05, 4.69) is 17.2 Å². The first-order chi connectivity index (χ1) is 10.2. The van der Waals surface area contributed by atoms with Gasteiger partial charge in [-0.15, -0.1) is 0 Å². The van der Waals surface area contributed by atoms with Gasteiger partial charge in [-0.3, -0.25) is 4.79 Å². The average Bonchev–Trinajstić information content (AvgIpc) is 2.51. The number of carbonyl (C=O) groups is 1. The number of amides is 1. The lowest BCUT2D eigenvalue weighted by molar-refractivity contribution is 0.0943. The van der Waals surface area contributed by atoms with Crippen LogP contribution in [0.1, 0.15) is 53.6 Å². The predicted octanol–water partition coefficient (Wildman–Crippen LogP) is 2.62. The SMILES string of the molecule is Cc1cc(C#CCN)cc(C(=O)NCC2CCCCC2)c1. The second kappa shape index (κ2) is 7.85. The third kappa shape index (κ3) is 4.91. The fourth-order valence-electron chi connectivity index (χ4n) is 2.87. The van der Waals surface area contributed by atoms with Gasteiger partial charge in [0.05, 0.1) is 6.54 Å². The molecular weight excluding hydrogens is 260 g/mol. The molecule has 1 aliphatic rings. The summed E-state index contributed by atoms with van der Waals surface area (Å²) in [7, 11) is 0. The molecule has 0 atom stereocenters. The number of carbonyl (C=O) groups excluding carboxylic acids is 1. The van der Waals surface area contributed by atoms with Crippen LogP contribution in [0.3, 0.4) is 0 Å². The molecule has 1 aliphatic carbocycles. The van der Waals surface area contributed by atoms with E-state index >= 15 is 0 Å². The zero-order valence-electron chi connectivity index (χ0n) is 12.7. The lowest BCUT2D eigenvalue weighted by atomic mass is 9.89. The van der Waals surface area contributed by atoms with Crippen LogP contribution in [0.15, 0.2) is 18.2 Å². The quantitative estimate of drug-likeness (QED) is 0.838. The smallest absolute Gasteiger partial charge is 0.251 e. The van der Waals surface area contributed by atoms with E-state index in [0.717, 1.165) is 17.7 Å². The summed E-state index contributed by atoms with van der Waals surface area (Å²) in [5.74, 6) is 6.46. The van der Waals surface area contributed by atoms with Gasteiger partial charge >= 0.3 is 0 Å². The van der Waals surface area contributed by atoms with Crippen LogP contribution in [0, 0.1) is 24.7 Å². The van der Waals surface area contributed by atoms with Crippen LogP contribution in [-0.4, -0.2) is 19.0 Å². The molecule has 3 nitrogen and oxygen atoms in total. The topological polar surface area (TPSA) is 55.1 Å². The van der Waals surface area contributed by atoms with Crippen LogP contribution in [0.25, 0.3) is 0 Å². The van der Waals surface area contributed by atoms with Crippen LogP contribution >= 0.6 is 0 Å². The Morgan fingerprint density at radius 2 is 2.05 bits per heavy atom. The van der Waals surface area contributed by atoms with E-state index in [0.29, 0.717) is 18.0 Å². The molecule has 1 saturated carbocycles. The maximum absolute atomic E-state index is 12.3. The van der Waals surface area contributed by atoms with Crippen molar-refractivity contribution >= 4 is 5.91 Å². The number of rotatable bonds is 3. The predicted molar refractivity (Wildman–Crippen MR) is 86.0 cm³/mol. The van der Waals surface area contributed by atoms with E-state index in [9.17, 15) is 4.79 Å². The van der Waals surface area contributed by atoms with Gasteiger partial charge in [0.15, 0.2) is 0 Å². The van der Waals surface area contributed by atoms with Gasteiger partial charge in [0.2, 0.25) is 0 Å². The maximum Gasteiger partial charge on any atom is 0.251 e. The van der Waals surface area contributed by atoms with E-state index in [1.165, 1.54) is 32.1 Å². The third-order valence-corrected chi connectivity index (χ3v) is 3.95. The Morgan fingerprint density at radius 1 is 1.29 bits per heavy atom. The molecule has 1 fully saturated rings. The molecule has 112 valence electrons. The van der Waals surface area contributed by atoms with Gasteiger partial charge in [-0.05, 0) is 49.4 Å². The van der Waals surface area contributed by atoms with Crippen LogP contribution < -0.4 is 11.1 Å². The van der Waals surface area contributed by atoms with Crippen molar-refractivity contribution in [3.8, 4) is 11.8 Å². The van der Waals surface area contributed by atoms with Gasteiger partial charge in [0.25, 0.3) is 5.91 Å². The highest BCUT2D eigenvalue weighted by Gasteiger charge is 2.15. The molecule has 0 aliphatic heterocycles. The Hall–Kier alpha value is -1.79. The summed E-state index contributed by atoms with van der Waals surface area (Å²) in [6.07, 6.45) is 6.40. The van der Waals surface area contributed by atoms with Gasteiger partial charge in [-0.2, -0.15) is 0 Å².